The molecule has 1 aromatic rings. The van der Waals surface area contributed by atoms with Crippen LogP contribution in [0.5, 0.6) is 5.06 Å². The van der Waals surface area contributed by atoms with E-state index < -0.39 is 10.0 Å². The van der Waals surface area contributed by atoms with Crippen molar-refractivity contribution >= 4 is 37.3 Å². The highest BCUT2D eigenvalue weighted by atomic mass is 79.9. The van der Waals surface area contributed by atoms with E-state index in [4.69, 9.17) is 9.88 Å². The number of sulfonamides is 1. The summed E-state index contributed by atoms with van der Waals surface area (Å²) in [5.74, 6) is 0. The zero-order valence-electron chi connectivity index (χ0n) is 6.07. The summed E-state index contributed by atoms with van der Waals surface area (Å²) in [5, 5.41) is 5.40. The summed E-state index contributed by atoms with van der Waals surface area (Å²) in [6.07, 6.45) is 0. The Morgan fingerprint density at radius 1 is 1.67 bits per heavy atom. The highest BCUT2D eigenvalue weighted by Gasteiger charge is 2.15. The normalized spacial score (nSPS) is 11.6. The molecule has 0 radical (unpaired) electrons. The van der Waals surface area contributed by atoms with Gasteiger partial charge in [0.25, 0.3) is 0 Å². The topological polar surface area (TPSA) is 69.4 Å². The lowest BCUT2D eigenvalue weighted by atomic mass is 10.6. The van der Waals surface area contributed by atoms with Crippen molar-refractivity contribution < 1.29 is 13.2 Å². The van der Waals surface area contributed by atoms with Gasteiger partial charge in [0, 0.05) is 0 Å². The highest BCUT2D eigenvalue weighted by Crippen LogP contribution is 2.36. The summed E-state index contributed by atoms with van der Waals surface area (Å²) in [6.45, 7) is 0. The molecule has 0 saturated carbocycles. The molecule has 1 heterocycles. The number of hydrogen-bond acceptors (Lipinski definition) is 4. The van der Waals surface area contributed by atoms with Crippen LogP contribution < -0.4 is 9.88 Å². The van der Waals surface area contributed by atoms with Crippen LogP contribution in [0.15, 0.2) is 14.7 Å². The van der Waals surface area contributed by atoms with Crippen molar-refractivity contribution in [3.05, 3.63) is 10.5 Å². The average Bonchev–Trinajstić information content (AvgIpc) is 2.29. The third-order valence-corrected chi connectivity index (χ3v) is 4.47. The van der Waals surface area contributed by atoms with Gasteiger partial charge in [0.15, 0.2) is 5.06 Å². The van der Waals surface area contributed by atoms with Gasteiger partial charge in [0.1, 0.15) is 4.21 Å². The minimum Gasteiger partial charge on any atom is -0.486 e. The molecule has 0 fully saturated rings. The number of nitrogens with two attached hydrogens (primary N) is 1. The number of ether oxygens (including phenoxy) is 1. The van der Waals surface area contributed by atoms with Crippen LogP contribution in [0.1, 0.15) is 0 Å². The van der Waals surface area contributed by atoms with Gasteiger partial charge in [-0.1, -0.05) is 11.3 Å². The minimum atomic E-state index is -3.61. The number of methoxy groups -OCH3 is 1. The van der Waals surface area contributed by atoms with Crippen LogP contribution in [0, 0.1) is 0 Å². The Balaban J connectivity index is 3.23. The molecule has 4 nitrogen and oxygen atoms in total. The largest absolute Gasteiger partial charge is 0.486 e. The molecular formula is C5H6BrNO3S2. The molecule has 0 bridgehead atoms. The maximum absolute atomic E-state index is 10.8. The molecule has 7 heteroatoms. The lowest BCUT2D eigenvalue weighted by molar-refractivity contribution is 0.425. The van der Waals surface area contributed by atoms with Gasteiger partial charge in [-0.2, -0.15) is 0 Å². The lowest BCUT2D eigenvalue weighted by Crippen LogP contribution is -2.09. The van der Waals surface area contributed by atoms with Crippen molar-refractivity contribution in [2.75, 3.05) is 7.11 Å². The zero-order chi connectivity index (χ0) is 9.35. The van der Waals surface area contributed by atoms with Gasteiger partial charge < -0.3 is 4.74 Å². The van der Waals surface area contributed by atoms with Gasteiger partial charge in [-0.05, 0) is 22.0 Å². The molecule has 0 amide bonds. The number of hydrogen-bond donors (Lipinski definition) is 1. The summed E-state index contributed by atoms with van der Waals surface area (Å²) >= 11 is 4.12. The van der Waals surface area contributed by atoms with E-state index in [0.717, 1.165) is 11.3 Å². The Morgan fingerprint density at radius 2 is 2.25 bits per heavy atom. The first-order valence-electron chi connectivity index (χ1n) is 2.81. The molecule has 12 heavy (non-hydrogen) atoms. The Labute approximate surface area is 82.5 Å². The Morgan fingerprint density at radius 3 is 2.50 bits per heavy atom. The summed E-state index contributed by atoms with van der Waals surface area (Å²) in [5.41, 5.74) is 0. The molecule has 0 aliphatic heterocycles. The molecule has 0 unspecified atom stereocenters. The standard InChI is InChI=1S/C5H6BrNO3S2/c1-10-5-3(6)2-4(11-5)12(7,8)9/h2H,1H3,(H2,7,8,9). The van der Waals surface area contributed by atoms with Crippen molar-refractivity contribution in [3.8, 4) is 5.06 Å². The predicted molar refractivity (Wildman–Crippen MR) is 49.9 cm³/mol. The molecule has 1 rings (SSSR count). The maximum atomic E-state index is 10.8. The molecule has 0 aliphatic rings. The number of rotatable bonds is 2. The van der Waals surface area contributed by atoms with E-state index in [2.05, 4.69) is 15.9 Å². The molecule has 0 aliphatic carbocycles. The molecule has 0 saturated heterocycles. The zero-order valence-corrected chi connectivity index (χ0v) is 9.29. The summed E-state index contributed by atoms with van der Waals surface area (Å²) < 4.78 is 27.2. The first-order chi connectivity index (χ1) is 5.45. The highest BCUT2D eigenvalue weighted by molar-refractivity contribution is 9.10. The fraction of sp³-hybridized carbons (Fsp3) is 0.200. The molecular weight excluding hydrogens is 266 g/mol. The average molecular weight is 272 g/mol. The second kappa shape index (κ2) is 3.33. The van der Waals surface area contributed by atoms with Crippen LogP contribution >= 0.6 is 27.3 Å². The molecule has 1 aromatic heterocycles. The van der Waals surface area contributed by atoms with E-state index in [9.17, 15) is 8.42 Å². The molecule has 68 valence electrons. The van der Waals surface area contributed by atoms with Gasteiger partial charge in [0.05, 0.1) is 11.6 Å². The third-order valence-electron chi connectivity index (χ3n) is 1.10. The van der Waals surface area contributed by atoms with Crippen LogP contribution in [0.25, 0.3) is 0 Å². The first kappa shape index (κ1) is 9.97. The fourth-order valence-electron chi connectivity index (χ4n) is 0.611. The van der Waals surface area contributed by atoms with Gasteiger partial charge in [-0.15, -0.1) is 0 Å². The molecule has 0 aromatic carbocycles. The second-order valence-electron chi connectivity index (χ2n) is 1.95. The first-order valence-corrected chi connectivity index (χ1v) is 5.97. The van der Waals surface area contributed by atoms with Crippen molar-refractivity contribution in [2.24, 2.45) is 5.14 Å². The Hall–Kier alpha value is -0.110. The molecule has 2 N–H and O–H groups in total. The van der Waals surface area contributed by atoms with Gasteiger partial charge >= 0.3 is 0 Å². The second-order valence-corrected chi connectivity index (χ2v) is 5.61. The van der Waals surface area contributed by atoms with Crippen LogP contribution in [0.4, 0.5) is 0 Å². The monoisotopic (exact) mass is 271 g/mol. The van der Waals surface area contributed by atoms with Crippen LogP contribution in [0.3, 0.4) is 0 Å². The van der Waals surface area contributed by atoms with Crippen LogP contribution in [-0.4, -0.2) is 15.5 Å². The Kier molecular flexibility index (Phi) is 2.77. The summed E-state index contributed by atoms with van der Waals surface area (Å²) in [4.78, 5) is 0. The van der Waals surface area contributed by atoms with Gasteiger partial charge in [-0.25, -0.2) is 13.6 Å². The quantitative estimate of drug-likeness (QED) is 0.878. The third kappa shape index (κ3) is 1.98. The van der Waals surface area contributed by atoms with E-state index in [-0.39, 0.29) is 4.21 Å². The summed E-state index contributed by atoms with van der Waals surface area (Å²) in [7, 11) is -2.14. The van der Waals surface area contributed by atoms with Crippen molar-refractivity contribution in [3.63, 3.8) is 0 Å². The smallest absolute Gasteiger partial charge is 0.247 e. The Bertz CT molecular complexity index is 383. The number of halogens is 1. The number of thiophene rings is 1. The minimum absolute atomic E-state index is 0.0891. The van der Waals surface area contributed by atoms with Gasteiger partial charge in [0.2, 0.25) is 10.0 Å². The van der Waals surface area contributed by atoms with E-state index in [0.29, 0.717) is 9.54 Å². The lowest BCUT2D eigenvalue weighted by Gasteiger charge is -1.91. The van der Waals surface area contributed by atoms with E-state index in [1.807, 2.05) is 0 Å². The van der Waals surface area contributed by atoms with Crippen molar-refractivity contribution in [1.29, 1.82) is 0 Å². The van der Waals surface area contributed by atoms with Gasteiger partial charge in [-0.3, -0.25) is 0 Å². The SMILES string of the molecule is COc1sc(S(N)(=O)=O)cc1Br. The van der Waals surface area contributed by atoms with E-state index in [1.54, 1.807) is 0 Å². The fourth-order valence-corrected chi connectivity index (χ4v) is 3.12. The van der Waals surface area contributed by atoms with Crippen LogP contribution in [0.2, 0.25) is 0 Å². The van der Waals surface area contributed by atoms with Crippen molar-refractivity contribution in [1.82, 2.24) is 0 Å². The van der Waals surface area contributed by atoms with Crippen molar-refractivity contribution in [2.45, 2.75) is 4.21 Å². The number of primary sulfonamides is 1. The predicted octanol–water partition coefficient (Wildman–Crippen LogP) is 1.17. The maximum Gasteiger partial charge on any atom is 0.247 e. The van der Waals surface area contributed by atoms with Crippen LogP contribution in [-0.2, 0) is 10.0 Å². The molecule has 0 atom stereocenters. The van der Waals surface area contributed by atoms with E-state index >= 15 is 0 Å². The van der Waals surface area contributed by atoms with E-state index in [1.165, 1.54) is 13.2 Å². The summed E-state index contributed by atoms with van der Waals surface area (Å²) in [6, 6.07) is 1.42. The molecule has 0 spiro atoms.